The van der Waals surface area contributed by atoms with Gasteiger partial charge in [-0.2, -0.15) is 0 Å². The Morgan fingerprint density at radius 2 is 2.25 bits per heavy atom. The van der Waals surface area contributed by atoms with Crippen LogP contribution >= 0.6 is 15.9 Å². The molecule has 0 aromatic heterocycles. The van der Waals surface area contributed by atoms with Crippen LogP contribution in [0.15, 0.2) is 22.7 Å². The Bertz CT molecular complexity index is 577. The van der Waals surface area contributed by atoms with Crippen LogP contribution in [0.1, 0.15) is 18.4 Å². The molecular formula is C14H19BrFNO2S. The summed E-state index contributed by atoms with van der Waals surface area (Å²) in [7, 11) is -1.01. The molecule has 1 saturated heterocycles. The van der Waals surface area contributed by atoms with Crippen molar-refractivity contribution in [2.75, 3.05) is 18.6 Å². The van der Waals surface area contributed by atoms with Crippen molar-refractivity contribution in [3.8, 4) is 0 Å². The molecule has 1 aliphatic rings. The van der Waals surface area contributed by atoms with E-state index >= 15 is 0 Å². The van der Waals surface area contributed by atoms with Gasteiger partial charge in [-0.05, 0) is 56.0 Å². The van der Waals surface area contributed by atoms with Crippen LogP contribution in [0, 0.1) is 11.7 Å². The third kappa shape index (κ3) is 4.27. The first-order chi connectivity index (χ1) is 9.39. The van der Waals surface area contributed by atoms with Crippen molar-refractivity contribution in [2.45, 2.75) is 25.3 Å². The van der Waals surface area contributed by atoms with Gasteiger partial charge in [-0.3, -0.25) is 0 Å². The highest BCUT2D eigenvalue weighted by molar-refractivity contribution is 9.10. The Morgan fingerprint density at radius 1 is 1.50 bits per heavy atom. The molecule has 0 radical (unpaired) electrons. The molecule has 1 aromatic rings. The van der Waals surface area contributed by atoms with Crippen molar-refractivity contribution in [2.24, 2.45) is 5.92 Å². The van der Waals surface area contributed by atoms with Gasteiger partial charge < -0.3 is 5.32 Å². The van der Waals surface area contributed by atoms with Crippen LogP contribution < -0.4 is 5.32 Å². The number of rotatable bonds is 5. The van der Waals surface area contributed by atoms with Crippen LogP contribution in [-0.4, -0.2) is 33.0 Å². The molecular weight excluding hydrogens is 345 g/mol. The van der Waals surface area contributed by atoms with E-state index < -0.39 is 9.84 Å². The monoisotopic (exact) mass is 363 g/mol. The van der Waals surface area contributed by atoms with E-state index in [1.807, 2.05) is 7.05 Å². The quantitative estimate of drug-likeness (QED) is 0.874. The molecule has 0 saturated carbocycles. The van der Waals surface area contributed by atoms with E-state index in [1.54, 1.807) is 12.1 Å². The summed E-state index contributed by atoms with van der Waals surface area (Å²) in [5.74, 6) is 0.533. The Balaban J connectivity index is 2.01. The summed E-state index contributed by atoms with van der Waals surface area (Å²) >= 11 is 3.34. The highest BCUT2D eigenvalue weighted by atomic mass is 79.9. The Morgan fingerprint density at radius 3 is 2.85 bits per heavy atom. The fraction of sp³-hybridized carbons (Fsp3) is 0.571. The molecule has 2 unspecified atom stereocenters. The number of hydrogen-bond acceptors (Lipinski definition) is 3. The van der Waals surface area contributed by atoms with Gasteiger partial charge in [0.25, 0.3) is 0 Å². The summed E-state index contributed by atoms with van der Waals surface area (Å²) in [6.45, 7) is 0. The summed E-state index contributed by atoms with van der Waals surface area (Å²) in [6.07, 6.45) is 2.06. The zero-order valence-electron chi connectivity index (χ0n) is 11.4. The molecule has 3 nitrogen and oxygen atoms in total. The fourth-order valence-electron chi connectivity index (χ4n) is 2.73. The van der Waals surface area contributed by atoms with Gasteiger partial charge in [0, 0.05) is 10.5 Å². The molecule has 1 heterocycles. The number of likely N-dealkylation sites (N-methyl/N-ethyl adjacent to an activating group) is 1. The molecule has 0 amide bonds. The van der Waals surface area contributed by atoms with E-state index in [0.717, 1.165) is 17.3 Å². The molecule has 20 heavy (non-hydrogen) atoms. The molecule has 0 spiro atoms. The standard InChI is InChI=1S/C14H19BrFNO2S/c1-17-13(6-10-4-5-20(18,19)9-10)8-11-7-12(15)2-3-14(11)16/h2-3,7,10,13,17H,4-6,8-9H2,1H3. The number of sulfone groups is 1. The van der Waals surface area contributed by atoms with Crippen LogP contribution in [-0.2, 0) is 16.3 Å². The van der Waals surface area contributed by atoms with Gasteiger partial charge in [0.05, 0.1) is 11.5 Å². The van der Waals surface area contributed by atoms with E-state index in [4.69, 9.17) is 0 Å². The molecule has 6 heteroatoms. The van der Waals surface area contributed by atoms with Crippen molar-refractivity contribution >= 4 is 25.8 Å². The van der Waals surface area contributed by atoms with Crippen LogP contribution in [0.25, 0.3) is 0 Å². The Labute approximate surface area is 128 Å². The van der Waals surface area contributed by atoms with Gasteiger partial charge in [-0.1, -0.05) is 15.9 Å². The van der Waals surface area contributed by atoms with Gasteiger partial charge in [0.15, 0.2) is 9.84 Å². The van der Waals surface area contributed by atoms with Crippen molar-refractivity contribution in [1.82, 2.24) is 5.32 Å². The summed E-state index contributed by atoms with van der Waals surface area (Å²) in [4.78, 5) is 0. The van der Waals surface area contributed by atoms with E-state index in [2.05, 4.69) is 21.2 Å². The van der Waals surface area contributed by atoms with Gasteiger partial charge in [-0.25, -0.2) is 12.8 Å². The average Bonchev–Trinajstić information content (AvgIpc) is 2.72. The van der Waals surface area contributed by atoms with Gasteiger partial charge in [0.1, 0.15) is 5.82 Å². The summed E-state index contributed by atoms with van der Waals surface area (Å²) in [5, 5.41) is 3.17. The second-order valence-electron chi connectivity index (χ2n) is 5.43. The van der Waals surface area contributed by atoms with E-state index in [-0.39, 0.29) is 23.5 Å². The van der Waals surface area contributed by atoms with Crippen LogP contribution in [0.4, 0.5) is 4.39 Å². The molecule has 1 N–H and O–H groups in total. The smallest absolute Gasteiger partial charge is 0.150 e. The first-order valence-electron chi connectivity index (χ1n) is 6.71. The van der Waals surface area contributed by atoms with E-state index in [0.29, 0.717) is 17.7 Å². The third-order valence-corrected chi connectivity index (χ3v) is 6.16. The summed E-state index contributed by atoms with van der Waals surface area (Å²) in [6, 6.07) is 5.01. The molecule has 1 fully saturated rings. The Kier molecular flexibility index (Phi) is 5.20. The number of hydrogen-bond donors (Lipinski definition) is 1. The molecule has 1 aromatic carbocycles. The zero-order chi connectivity index (χ0) is 14.8. The topological polar surface area (TPSA) is 46.2 Å². The first-order valence-corrected chi connectivity index (χ1v) is 9.32. The molecule has 112 valence electrons. The van der Waals surface area contributed by atoms with Crippen molar-refractivity contribution in [1.29, 1.82) is 0 Å². The fourth-order valence-corrected chi connectivity index (χ4v) is 5.02. The number of halogens is 2. The molecule has 1 aliphatic heterocycles. The minimum absolute atomic E-state index is 0.0945. The molecule has 0 bridgehead atoms. The molecule has 0 aliphatic carbocycles. The predicted octanol–water partition coefficient (Wildman–Crippen LogP) is 2.54. The lowest BCUT2D eigenvalue weighted by atomic mass is 9.94. The van der Waals surface area contributed by atoms with Crippen molar-refractivity contribution in [3.05, 3.63) is 34.1 Å². The second-order valence-corrected chi connectivity index (χ2v) is 8.57. The molecule has 2 atom stereocenters. The lowest BCUT2D eigenvalue weighted by molar-refractivity contribution is 0.419. The van der Waals surface area contributed by atoms with E-state index in [1.165, 1.54) is 6.07 Å². The minimum Gasteiger partial charge on any atom is -0.317 e. The Hall–Kier alpha value is -0.460. The largest absolute Gasteiger partial charge is 0.317 e. The predicted molar refractivity (Wildman–Crippen MR) is 82.0 cm³/mol. The molecule has 2 rings (SSSR count). The SMILES string of the molecule is CNC(Cc1cc(Br)ccc1F)CC1CCS(=O)(=O)C1. The highest BCUT2D eigenvalue weighted by Gasteiger charge is 2.29. The maximum Gasteiger partial charge on any atom is 0.150 e. The minimum atomic E-state index is -2.85. The summed E-state index contributed by atoms with van der Waals surface area (Å²) in [5.41, 5.74) is 0.652. The van der Waals surface area contributed by atoms with Crippen molar-refractivity contribution < 1.29 is 12.8 Å². The second kappa shape index (κ2) is 6.54. The summed E-state index contributed by atoms with van der Waals surface area (Å²) < 4.78 is 37.6. The average molecular weight is 364 g/mol. The van der Waals surface area contributed by atoms with E-state index in [9.17, 15) is 12.8 Å². The van der Waals surface area contributed by atoms with Gasteiger partial charge >= 0.3 is 0 Å². The van der Waals surface area contributed by atoms with Crippen LogP contribution in [0.2, 0.25) is 0 Å². The van der Waals surface area contributed by atoms with Gasteiger partial charge in [0.2, 0.25) is 0 Å². The maximum absolute atomic E-state index is 13.8. The first kappa shape index (κ1) is 15.9. The normalized spacial score (nSPS) is 22.9. The van der Waals surface area contributed by atoms with Crippen LogP contribution in [0.3, 0.4) is 0 Å². The lowest BCUT2D eigenvalue weighted by Gasteiger charge is -2.20. The highest BCUT2D eigenvalue weighted by Crippen LogP contribution is 2.25. The number of nitrogens with one attached hydrogen (secondary N) is 1. The van der Waals surface area contributed by atoms with Gasteiger partial charge in [-0.15, -0.1) is 0 Å². The number of benzene rings is 1. The zero-order valence-corrected chi connectivity index (χ0v) is 13.8. The lowest BCUT2D eigenvalue weighted by Crippen LogP contribution is -2.30. The maximum atomic E-state index is 13.8. The third-order valence-electron chi connectivity index (χ3n) is 3.83. The van der Waals surface area contributed by atoms with Crippen LogP contribution in [0.5, 0.6) is 0 Å². The van der Waals surface area contributed by atoms with Crippen molar-refractivity contribution in [3.63, 3.8) is 0 Å².